The Morgan fingerprint density at radius 1 is 1.32 bits per heavy atom. The molecule has 0 radical (unpaired) electrons. The molecule has 2 aromatic rings. The molecule has 3 aliphatic rings. The predicted molar refractivity (Wildman–Crippen MR) is 119 cm³/mol. The summed E-state index contributed by atoms with van der Waals surface area (Å²) in [5, 5.41) is 19.1. The van der Waals surface area contributed by atoms with Crippen molar-refractivity contribution in [3.63, 3.8) is 0 Å². The summed E-state index contributed by atoms with van der Waals surface area (Å²) in [6.45, 7) is 5.03. The zero-order valence-electron chi connectivity index (χ0n) is 17.8. The second-order valence-electron chi connectivity index (χ2n) is 8.51. The molecule has 2 aliphatic heterocycles. The number of aliphatic hydroxyl groups excluding tert-OH is 1. The molecule has 0 saturated heterocycles. The maximum atomic E-state index is 13.4. The Morgan fingerprint density at radius 2 is 2.13 bits per heavy atom. The van der Waals surface area contributed by atoms with E-state index in [1.165, 1.54) is 0 Å². The van der Waals surface area contributed by atoms with Crippen LogP contribution in [0.4, 0.5) is 5.82 Å². The summed E-state index contributed by atoms with van der Waals surface area (Å²) in [7, 11) is 0. The molecule has 1 fully saturated rings. The van der Waals surface area contributed by atoms with Crippen LogP contribution in [-0.2, 0) is 13.1 Å². The van der Waals surface area contributed by atoms with Gasteiger partial charge in [0, 0.05) is 5.56 Å². The van der Waals surface area contributed by atoms with Gasteiger partial charge in [-0.2, -0.15) is 5.10 Å². The number of hydrogen-bond donors (Lipinski definition) is 2. The zero-order valence-corrected chi connectivity index (χ0v) is 18.5. The van der Waals surface area contributed by atoms with Crippen molar-refractivity contribution in [1.29, 1.82) is 0 Å². The highest BCUT2D eigenvalue weighted by Crippen LogP contribution is 2.39. The summed E-state index contributed by atoms with van der Waals surface area (Å²) in [4.78, 5) is 15.2. The second-order valence-corrected chi connectivity index (χ2v) is 8.92. The molecule has 1 unspecified atom stereocenters. The van der Waals surface area contributed by atoms with Crippen molar-refractivity contribution in [1.82, 2.24) is 14.7 Å². The normalized spacial score (nSPS) is 24.8. The molecule has 8 heteroatoms. The third-order valence-corrected chi connectivity index (χ3v) is 7.00. The molecule has 0 bridgehead atoms. The maximum Gasteiger partial charge on any atom is 0.258 e. The number of aliphatic hydroxyl groups is 1. The molecule has 1 aliphatic carbocycles. The molecule has 1 amide bonds. The van der Waals surface area contributed by atoms with Crippen LogP contribution >= 0.6 is 11.6 Å². The highest BCUT2D eigenvalue weighted by molar-refractivity contribution is 6.33. The van der Waals surface area contributed by atoms with E-state index in [9.17, 15) is 9.90 Å². The first-order chi connectivity index (χ1) is 15.0. The van der Waals surface area contributed by atoms with Gasteiger partial charge in [0.2, 0.25) is 0 Å². The Hall–Kier alpha value is -2.51. The zero-order chi connectivity index (χ0) is 21.7. The van der Waals surface area contributed by atoms with Crippen LogP contribution in [0.1, 0.15) is 61.1 Å². The lowest BCUT2D eigenvalue weighted by molar-refractivity contribution is 0.0572. The third kappa shape index (κ3) is 3.40. The van der Waals surface area contributed by atoms with Crippen LogP contribution in [-0.4, -0.2) is 43.9 Å². The lowest BCUT2D eigenvalue weighted by atomic mass is 10.1. The maximum absolute atomic E-state index is 13.4. The molecule has 1 aromatic carbocycles. The van der Waals surface area contributed by atoms with Crippen LogP contribution in [0.3, 0.4) is 0 Å². The minimum atomic E-state index is -0.478. The van der Waals surface area contributed by atoms with Gasteiger partial charge in [0.05, 0.1) is 47.2 Å². The van der Waals surface area contributed by atoms with Gasteiger partial charge >= 0.3 is 0 Å². The number of hydrogen-bond acceptors (Lipinski definition) is 5. The number of aromatic nitrogens is 2. The van der Waals surface area contributed by atoms with E-state index in [1.807, 2.05) is 23.7 Å². The van der Waals surface area contributed by atoms with Crippen LogP contribution in [0.25, 0.3) is 5.70 Å². The van der Waals surface area contributed by atoms with Gasteiger partial charge in [-0.05, 0) is 44.7 Å². The van der Waals surface area contributed by atoms with Gasteiger partial charge in [-0.15, -0.1) is 0 Å². The van der Waals surface area contributed by atoms with E-state index < -0.39 is 6.10 Å². The van der Waals surface area contributed by atoms with Crippen molar-refractivity contribution in [2.45, 2.75) is 70.9 Å². The predicted octanol–water partition coefficient (Wildman–Crippen LogP) is 3.96. The summed E-state index contributed by atoms with van der Waals surface area (Å²) in [5.74, 6) is 1.37. The Labute approximate surface area is 186 Å². The molecule has 7 nitrogen and oxygen atoms in total. The standard InChI is InChI=1S/C23H27ClN4O3/c1-3-17-21(24)13(2)25-22-15-11-27(12-16(15)26-28(17)22)23(30)14-7-4-5-9-19(14)31-20-10-6-8-18(20)29/h4-5,7,9,13,18,20,25,29H,3,6,8,10-12H2,1-2H3/t13?,18-,20-/m0/s1. The molecule has 1 aromatic heterocycles. The number of ether oxygens (including phenoxy) is 1. The van der Waals surface area contributed by atoms with Gasteiger partial charge in [0.25, 0.3) is 5.91 Å². The van der Waals surface area contributed by atoms with E-state index in [2.05, 4.69) is 12.2 Å². The summed E-state index contributed by atoms with van der Waals surface area (Å²) in [5.41, 5.74) is 3.46. The summed E-state index contributed by atoms with van der Waals surface area (Å²) < 4.78 is 7.95. The Balaban J connectivity index is 1.39. The first-order valence-corrected chi connectivity index (χ1v) is 11.3. The molecule has 5 rings (SSSR count). The van der Waals surface area contributed by atoms with Crippen LogP contribution in [0.2, 0.25) is 0 Å². The van der Waals surface area contributed by atoms with Crippen LogP contribution in [0.5, 0.6) is 5.75 Å². The van der Waals surface area contributed by atoms with Gasteiger partial charge in [-0.3, -0.25) is 4.79 Å². The lowest BCUT2D eigenvalue weighted by Gasteiger charge is -2.27. The van der Waals surface area contributed by atoms with Gasteiger partial charge in [-0.25, -0.2) is 4.68 Å². The molecule has 164 valence electrons. The number of carbonyl (C=O) groups excluding carboxylic acids is 1. The number of allylic oxidation sites excluding steroid dienone is 1. The quantitative estimate of drug-likeness (QED) is 0.749. The molecule has 3 heterocycles. The van der Waals surface area contributed by atoms with E-state index in [-0.39, 0.29) is 18.1 Å². The largest absolute Gasteiger partial charge is 0.487 e. The molecule has 3 atom stereocenters. The van der Waals surface area contributed by atoms with Crippen molar-refractivity contribution in [3.8, 4) is 5.75 Å². The molecule has 0 spiro atoms. The molecular formula is C23H27ClN4O3. The fraction of sp³-hybridized carbons (Fsp3) is 0.478. The third-order valence-electron chi connectivity index (χ3n) is 6.46. The van der Waals surface area contributed by atoms with E-state index in [1.54, 1.807) is 17.0 Å². The van der Waals surface area contributed by atoms with Gasteiger partial charge < -0.3 is 20.1 Å². The fourth-order valence-corrected chi connectivity index (χ4v) is 5.03. The Kier molecular flexibility index (Phi) is 5.18. The van der Waals surface area contributed by atoms with Gasteiger partial charge in [-0.1, -0.05) is 30.7 Å². The van der Waals surface area contributed by atoms with Crippen molar-refractivity contribution in [2.75, 3.05) is 5.32 Å². The van der Waals surface area contributed by atoms with Crippen molar-refractivity contribution < 1.29 is 14.6 Å². The van der Waals surface area contributed by atoms with Crippen molar-refractivity contribution >= 4 is 29.0 Å². The fourth-order valence-electron chi connectivity index (χ4n) is 4.77. The van der Waals surface area contributed by atoms with Crippen LogP contribution in [0.15, 0.2) is 29.3 Å². The summed E-state index contributed by atoms with van der Waals surface area (Å²) >= 11 is 6.50. The van der Waals surface area contributed by atoms with E-state index in [0.717, 1.165) is 53.5 Å². The number of benzene rings is 1. The SMILES string of the molecule is CCC1=C(Cl)C(C)Nc2c3c(nn21)CN(C(=O)c1ccccc1O[C@H]1CCC[C@@H]1O)C3. The molecule has 1 saturated carbocycles. The lowest BCUT2D eigenvalue weighted by Crippen LogP contribution is -2.30. The first-order valence-electron chi connectivity index (χ1n) is 11.0. The summed E-state index contributed by atoms with van der Waals surface area (Å²) in [6, 6.07) is 7.31. The van der Waals surface area contributed by atoms with Gasteiger partial charge in [0.15, 0.2) is 0 Å². The number of nitrogens with one attached hydrogen (secondary N) is 1. The van der Waals surface area contributed by atoms with Crippen molar-refractivity contribution in [2.24, 2.45) is 0 Å². The highest BCUT2D eigenvalue weighted by atomic mass is 35.5. The van der Waals surface area contributed by atoms with Crippen LogP contribution < -0.4 is 10.1 Å². The van der Waals surface area contributed by atoms with E-state index in [0.29, 0.717) is 24.4 Å². The number of rotatable bonds is 4. The first kappa shape index (κ1) is 20.4. The van der Waals surface area contributed by atoms with E-state index >= 15 is 0 Å². The minimum Gasteiger partial charge on any atom is -0.487 e. The summed E-state index contributed by atoms with van der Waals surface area (Å²) in [6.07, 6.45) is 2.53. The number of fused-ring (bicyclic) bond motifs is 3. The Bertz CT molecular complexity index is 1060. The number of carbonyl (C=O) groups is 1. The van der Waals surface area contributed by atoms with E-state index in [4.69, 9.17) is 21.4 Å². The number of halogens is 1. The van der Waals surface area contributed by atoms with Crippen molar-refractivity contribution in [3.05, 3.63) is 46.1 Å². The highest BCUT2D eigenvalue weighted by Gasteiger charge is 2.36. The smallest absolute Gasteiger partial charge is 0.258 e. The van der Waals surface area contributed by atoms with Gasteiger partial charge in [0.1, 0.15) is 17.7 Å². The number of para-hydroxylation sites is 1. The Morgan fingerprint density at radius 3 is 2.87 bits per heavy atom. The average Bonchev–Trinajstić information content (AvgIpc) is 3.45. The number of amides is 1. The number of anilines is 1. The second kappa shape index (κ2) is 7.88. The molecule has 2 N–H and O–H groups in total. The topological polar surface area (TPSA) is 79.6 Å². The average molecular weight is 443 g/mol. The van der Waals surface area contributed by atoms with Crippen LogP contribution in [0, 0.1) is 0 Å². The molecule has 31 heavy (non-hydrogen) atoms. The molecular weight excluding hydrogens is 416 g/mol. The number of nitrogens with zero attached hydrogens (tertiary/aromatic N) is 3. The minimum absolute atomic E-state index is 0.0154. The monoisotopic (exact) mass is 442 g/mol.